The van der Waals surface area contributed by atoms with Crippen molar-refractivity contribution in [1.82, 2.24) is 0 Å². The number of rotatable bonds is 22. The number of unbranched alkanes of at least 4 members (excludes halogenated alkanes) is 5. The van der Waals surface area contributed by atoms with E-state index >= 15 is 0 Å². The summed E-state index contributed by atoms with van der Waals surface area (Å²) < 4.78 is 22.2. The molecule has 0 spiro atoms. The highest BCUT2D eigenvalue weighted by Crippen LogP contribution is 2.55. The lowest BCUT2D eigenvalue weighted by atomic mass is 9.74. The van der Waals surface area contributed by atoms with Crippen molar-refractivity contribution < 1.29 is 68.5 Å². The van der Waals surface area contributed by atoms with E-state index in [0.29, 0.717) is 19.3 Å². The molecule has 2 aliphatic heterocycles. The maximum absolute atomic E-state index is 13.1. The van der Waals surface area contributed by atoms with Gasteiger partial charge in [-0.1, -0.05) is 105 Å². The Balaban J connectivity index is 1.46. The van der Waals surface area contributed by atoms with Crippen LogP contribution >= 0.6 is 0 Å². The number of aliphatic carboxylic acids is 3. The Morgan fingerprint density at radius 3 is 2.07 bits per heavy atom. The van der Waals surface area contributed by atoms with Crippen LogP contribution in [0.25, 0.3) is 6.08 Å². The average molecular weight is 769 g/mol. The van der Waals surface area contributed by atoms with E-state index in [0.717, 1.165) is 37.7 Å². The van der Waals surface area contributed by atoms with Gasteiger partial charge in [0, 0.05) is 19.8 Å². The number of allylic oxidation sites excluding steroid dienone is 1. The first-order valence-electron chi connectivity index (χ1n) is 18.8. The molecule has 2 bridgehead atoms. The summed E-state index contributed by atoms with van der Waals surface area (Å²) in [5.41, 5.74) is -5.11. The lowest BCUT2D eigenvalue weighted by Gasteiger charge is -2.48. The number of esters is 2. The molecule has 14 heteroatoms. The molecule has 0 aromatic heterocycles. The number of aryl methyl sites for hydroxylation is 1. The fraction of sp³-hybridized carbons (Fsp3) is 0.537. The molecular weight excluding hydrogens is 716 g/mol. The van der Waals surface area contributed by atoms with Crippen LogP contribution in [0.4, 0.5) is 0 Å². The predicted molar refractivity (Wildman–Crippen MR) is 196 cm³/mol. The van der Waals surface area contributed by atoms with Crippen LogP contribution in [-0.2, 0) is 49.3 Å². The van der Waals surface area contributed by atoms with E-state index in [2.05, 4.69) is 12.1 Å². The highest BCUT2D eigenvalue weighted by atomic mass is 16.8. The van der Waals surface area contributed by atoms with Gasteiger partial charge < -0.3 is 44.5 Å². The minimum atomic E-state index is -3.85. The zero-order valence-electron chi connectivity index (χ0n) is 31.2. The van der Waals surface area contributed by atoms with Crippen molar-refractivity contribution in [1.29, 1.82) is 0 Å². The van der Waals surface area contributed by atoms with Gasteiger partial charge in [-0.05, 0) is 55.6 Å². The molecule has 0 radical (unpaired) electrons. The number of hydrogen-bond donors (Lipinski definition) is 5. The Morgan fingerprint density at radius 2 is 1.47 bits per heavy atom. The van der Waals surface area contributed by atoms with Crippen molar-refractivity contribution >= 4 is 35.9 Å². The van der Waals surface area contributed by atoms with Crippen LogP contribution in [-0.4, -0.2) is 96.8 Å². The second-order valence-electron chi connectivity index (χ2n) is 14.4. The number of carbonyl (C=O) groups is 5. The lowest BCUT2D eigenvalue weighted by Crippen LogP contribution is -2.78. The number of carboxylic acids is 3. The second-order valence-corrected chi connectivity index (χ2v) is 14.4. The van der Waals surface area contributed by atoms with Crippen LogP contribution in [0.5, 0.6) is 0 Å². The Bertz CT molecular complexity index is 1650. The van der Waals surface area contributed by atoms with Gasteiger partial charge in [-0.25, -0.2) is 14.4 Å². The van der Waals surface area contributed by atoms with Gasteiger partial charge in [-0.2, -0.15) is 0 Å². The number of ether oxygens (including phenoxy) is 4. The molecule has 0 saturated carbocycles. The molecular formula is C41H52O14. The monoisotopic (exact) mass is 768 g/mol. The van der Waals surface area contributed by atoms with Crippen LogP contribution < -0.4 is 0 Å². The van der Waals surface area contributed by atoms with Crippen LogP contribution in [0.3, 0.4) is 0 Å². The summed E-state index contributed by atoms with van der Waals surface area (Å²) in [6, 6.07) is 19.6. The second kappa shape index (κ2) is 19.3. The number of benzene rings is 2. The molecule has 6 unspecified atom stereocenters. The van der Waals surface area contributed by atoms with Gasteiger partial charge in [0.1, 0.15) is 12.2 Å². The lowest BCUT2D eigenvalue weighted by molar-refractivity contribution is -0.374. The Hall–Kier alpha value is -4.63. The third-order valence-electron chi connectivity index (χ3n) is 10.4. The van der Waals surface area contributed by atoms with E-state index in [-0.39, 0.29) is 25.2 Å². The molecule has 14 nitrogen and oxygen atoms in total. The van der Waals surface area contributed by atoms with Crippen LogP contribution in [0.2, 0.25) is 0 Å². The molecule has 2 fully saturated rings. The van der Waals surface area contributed by atoms with Gasteiger partial charge in [0.15, 0.2) is 6.10 Å². The van der Waals surface area contributed by atoms with Crippen molar-refractivity contribution in [2.75, 3.05) is 0 Å². The highest BCUT2D eigenvalue weighted by Gasteiger charge is 2.85. The third kappa shape index (κ3) is 9.98. The molecule has 2 aliphatic rings. The predicted octanol–water partition coefficient (Wildman–Crippen LogP) is 4.92. The number of fused-ring (bicyclic) bond motifs is 2. The van der Waals surface area contributed by atoms with E-state index in [1.165, 1.54) is 12.5 Å². The summed E-state index contributed by atoms with van der Waals surface area (Å²) in [5.74, 6) is -10.9. The van der Waals surface area contributed by atoms with Crippen molar-refractivity contribution in [3.8, 4) is 0 Å². The van der Waals surface area contributed by atoms with E-state index in [4.69, 9.17) is 18.9 Å². The molecule has 2 aromatic carbocycles. The first-order valence-corrected chi connectivity index (χ1v) is 18.8. The zero-order valence-corrected chi connectivity index (χ0v) is 31.2. The largest absolute Gasteiger partial charge is 0.479 e. The SMILES string of the molecule is CC(=O)OC(CCC[C@]12OC(C(=O)O)C(O)(C(=O)O)[C@](C(=O)O)(O1)C(OC(=O)CCCCCCCCc1ccccc1)C2O)C(C)C/C=C/c1ccccc1. The molecule has 4 rings (SSSR count). The van der Waals surface area contributed by atoms with Gasteiger partial charge in [0.25, 0.3) is 0 Å². The number of aliphatic hydroxyl groups excluding tert-OH is 1. The summed E-state index contributed by atoms with van der Waals surface area (Å²) in [6.07, 6.45) is 1.28. The molecule has 55 heavy (non-hydrogen) atoms. The maximum Gasteiger partial charge on any atom is 0.344 e. The van der Waals surface area contributed by atoms with Crippen LogP contribution in [0.1, 0.15) is 95.6 Å². The minimum absolute atomic E-state index is 0.0265. The highest BCUT2D eigenvalue weighted by molar-refractivity contribution is 5.98. The number of carbonyl (C=O) groups excluding carboxylic acids is 2. The van der Waals surface area contributed by atoms with Crippen LogP contribution in [0.15, 0.2) is 66.7 Å². The summed E-state index contributed by atoms with van der Waals surface area (Å²) in [6.45, 7) is 3.09. The van der Waals surface area contributed by atoms with Crippen molar-refractivity contribution in [3.63, 3.8) is 0 Å². The Labute approximate surface area is 320 Å². The summed E-state index contributed by atoms with van der Waals surface area (Å²) >= 11 is 0. The van der Waals surface area contributed by atoms with E-state index in [1.807, 2.05) is 67.6 Å². The first kappa shape index (κ1) is 43.1. The van der Waals surface area contributed by atoms with E-state index in [1.54, 1.807) is 0 Å². The van der Waals surface area contributed by atoms with E-state index < -0.39 is 77.7 Å². The van der Waals surface area contributed by atoms with Crippen molar-refractivity contribution in [2.45, 2.75) is 132 Å². The first-order chi connectivity index (χ1) is 26.2. The minimum Gasteiger partial charge on any atom is -0.479 e. The summed E-state index contributed by atoms with van der Waals surface area (Å²) in [5, 5.41) is 53.7. The maximum atomic E-state index is 13.1. The zero-order chi connectivity index (χ0) is 40.2. The van der Waals surface area contributed by atoms with Gasteiger partial charge >= 0.3 is 29.8 Å². The fourth-order valence-electron chi connectivity index (χ4n) is 7.45. The van der Waals surface area contributed by atoms with Crippen LogP contribution in [0, 0.1) is 5.92 Å². The van der Waals surface area contributed by atoms with Gasteiger partial charge in [-0.3, -0.25) is 9.59 Å². The molecule has 2 saturated heterocycles. The van der Waals surface area contributed by atoms with Gasteiger partial charge in [0.2, 0.25) is 23.1 Å². The molecule has 2 heterocycles. The average Bonchev–Trinajstić information content (AvgIpc) is 3.36. The summed E-state index contributed by atoms with van der Waals surface area (Å²) in [7, 11) is 0. The molecule has 300 valence electrons. The Morgan fingerprint density at radius 1 is 0.855 bits per heavy atom. The number of hydrogen-bond acceptors (Lipinski definition) is 11. The third-order valence-corrected chi connectivity index (χ3v) is 10.4. The molecule has 0 aliphatic carbocycles. The number of aliphatic hydroxyl groups is 2. The normalized spacial score (nSPS) is 26.9. The van der Waals surface area contributed by atoms with Gasteiger partial charge in [0.05, 0.1) is 0 Å². The molecule has 8 atom stereocenters. The smallest absolute Gasteiger partial charge is 0.344 e. The Kier molecular flexibility index (Phi) is 15.1. The summed E-state index contributed by atoms with van der Waals surface area (Å²) in [4.78, 5) is 63.2. The van der Waals surface area contributed by atoms with E-state index in [9.17, 15) is 49.5 Å². The molecule has 2 aromatic rings. The standard InChI is InChI=1S/C41H52O14/c1-27(17-15-23-30-21-12-8-13-22-30)31(52-28(2)42)24-16-26-39-33(44)34(41(55-39,38(49)50)40(51,37(47)48)35(54-39)36(45)46)53-32(43)25-14-6-4-3-5-9-18-29-19-10-7-11-20-29/h7-8,10-13,15,19-23,27,31,33-35,44,51H,3-6,9,14,16-18,24-26H2,1-2H3,(H,45,46)(H,47,48)(H,49,50)/b23-15+/t27?,31?,33?,34?,35?,39-,40?,41-/m0/s1. The quantitative estimate of drug-likeness (QED) is 0.0792. The van der Waals surface area contributed by atoms with Crippen molar-refractivity contribution in [2.24, 2.45) is 5.92 Å². The van der Waals surface area contributed by atoms with Crippen molar-refractivity contribution in [3.05, 3.63) is 77.9 Å². The molecule has 5 N–H and O–H groups in total. The number of carboxylic acid groups (broad SMARTS) is 3. The molecule has 0 amide bonds. The van der Waals surface area contributed by atoms with Gasteiger partial charge in [-0.15, -0.1) is 0 Å². The fourth-order valence-corrected chi connectivity index (χ4v) is 7.45. The topological polar surface area (TPSA) is 223 Å².